The second kappa shape index (κ2) is 6.37. The number of hydrogen-bond acceptors (Lipinski definition) is 4. The summed E-state index contributed by atoms with van der Waals surface area (Å²) in [5, 5.41) is 5.50. The molecule has 0 radical (unpaired) electrons. The maximum absolute atomic E-state index is 12.4. The summed E-state index contributed by atoms with van der Waals surface area (Å²) in [6.45, 7) is 6.83. The van der Waals surface area contributed by atoms with Crippen LogP contribution in [-0.4, -0.2) is 17.4 Å². The molecule has 0 unspecified atom stereocenters. The smallest absolute Gasteiger partial charge is 0.257 e. The summed E-state index contributed by atoms with van der Waals surface area (Å²) < 4.78 is 0. The van der Waals surface area contributed by atoms with Gasteiger partial charge in [-0.15, -0.1) is 11.3 Å². The van der Waals surface area contributed by atoms with Crippen LogP contribution in [0, 0.1) is 0 Å². The monoisotopic (exact) mass is 303 g/mol. The molecule has 3 N–H and O–H groups in total. The Bertz CT molecular complexity index is 628. The average molecular weight is 303 g/mol. The minimum Gasteiger partial charge on any atom is -0.330 e. The van der Waals surface area contributed by atoms with Crippen LogP contribution >= 0.6 is 11.3 Å². The van der Waals surface area contributed by atoms with E-state index in [9.17, 15) is 4.79 Å². The molecule has 0 atom stereocenters. The van der Waals surface area contributed by atoms with Gasteiger partial charge in [-0.25, -0.2) is 4.98 Å². The largest absolute Gasteiger partial charge is 0.330 e. The van der Waals surface area contributed by atoms with Crippen LogP contribution in [0.1, 0.15) is 42.4 Å². The zero-order valence-corrected chi connectivity index (χ0v) is 13.5. The highest BCUT2D eigenvalue weighted by atomic mass is 32.1. The third-order valence-electron chi connectivity index (χ3n) is 3.17. The van der Waals surface area contributed by atoms with E-state index in [1.165, 1.54) is 11.3 Å². The van der Waals surface area contributed by atoms with Gasteiger partial charge in [0.15, 0.2) is 5.13 Å². The summed E-state index contributed by atoms with van der Waals surface area (Å²) >= 11 is 1.45. The van der Waals surface area contributed by atoms with Crippen LogP contribution in [0.2, 0.25) is 0 Å². The number of hydrogen-bond donors (Lipinski definition) is 2. The molecule has 21 heavy (non-hydrogen) atoms. The Hall–Kier alpha value is -1.72. The lowest BCUT2D eigenvalue weighted by molar-refractivity contribution is 0.102. The Morgan fingerprint density at radius 3 is 2.67 bits per heavy atom. The van der Waals surface area contributed by atoms with Crippen LogP contribution in [0.5, 0.6) is 0 Å². The standard InChI is InChI=1S/C16H21N3OS/c1-16(2,3)13-10-21-15(18-13)19-14(20)12-7-5-4-6-11(12)8-9-17/h4-7,10H,8-9,17H2,1-3H3,(H,18,19,20). The zero-order valence-electron chi connectivity index (χ0n) is 12.6. The Morgan fingerprint density at radius 2 is 2.05 bits per heavy atom. The van der Waals surface area contributed by atoms with E-state index in [1.54, 1.807) is 0 Å². The van der Waals surface area contributed by atoms with Gasteiger partial charge >= 0.3 is 0 Å². The fourth-order valence-corrected chi connectivity index (χ4v) is 2.89. The van der Waals surface area contributed by atoms with Gasteiger partial charge in [-0.3, -0.25) is 10.1 Å². The summed E-state index contributed by atoms with van der Waals surface area (Å²) in [6.07, 6.45) is 0.689. The first kappa shape index (κ1) is 15.7. The Morgan fingerprint density at radius 1 is 1.33 bits per heavy atom. The van der Waals surface area contributed by atoms with Crippen molar-refractivity contribution in [2.75, 3.05) is 11.9 Å². The molecule has 2 rings (SSSR count). The lowest BCUT2D eigenvalue weighted by Crippen LogP contribution is -2.16. The molecule has 112 valence electrons. The number of thiazole rings is 1. The Kier molecular flexibility index (Phi) is 4.75. The van der Waals surface area contributed by atoms with Gasteiger partial charge in [0.1, 0.15) is 0 Å². The molecule has 4 nitrogen and oxygen atoms in total. The van der Waals surface area contributed by atoms with E-state index in [-0.39, 0.29) is 11.3 Å². The van der Waals surface area contributed by atoms with Crippen molar-refractivity contribution in [3.8, 4) is 0 Å². The fourth-order valence-electron chi connectivity index (χ4n) is 1.96. The van der Waals surface area contributed by atoms with Crippen molar-refractivity contribution in [1.82, 2.24) is 4.98 Å². The summed E-state index contributed by atoms with van der Waals surface area (Å²) in [6, 6.07) is 7.53. The van der Waals surface area contributed by atoms with E-state index >= 15 is 0 Å². The number of rotatable bonds is 4. The molecular formula is C16H21N3OS. The maximum Gasteiger partial charge on any atom is 0.257 e. The number of nitrogens with one attached hydrogen (secondary N) is 1. The molecule has 0 saturated heterocycles. The predicted octanol–water partition coefficient (Wildman–Crippen LogP) is 3.19. The minimum atomic E-state index is -0.131. The van der Waals surface area contributed by atoms with Crippen LogP contribution in [0.15, 0.2) is 29.6 Å². The number of amides is 1. The van der Waals surface area contributed by atoms with Gasteiger partial charge in [-0.05, 0) is 24.6 Å². The molecule has 0 aliphatic carbocycles. The van der Waals surface area contributed by atoms with E-state index in [0.717, 1.165) is 11.3 Å². The van der Waals surface area contributed by atoms with Crippen molar-refractivity contribution in [3.63, 3.8) is 0 Å². The van der Waals surface area contributed by atoms with Gasteiger partial charge in [0, 0.05) is 16.4 Å². The summed E-state index contributed by atoms with van der Waals surface area (Å²) in [5.74, 6) is -0.131. The highest BCUT2D eigenvalue weighted by Gasteiger charge is 2.19. The molecule has 0 aliphatic rings. The Balaban J connectivity index is 2.17. The lowest BCUT2D eigenvalue weighted by Gasteiger charge is -2.14. The highest BCUT2D eigenvalue weighted by molar-refractivity contribution is 7.14. The summed E-state index contributed by atoms with van der Waals surface area (Å²) in [7, 11) is 0. The van der Waals surface area contributed by atoms with Gasteiger partial charge < -0.3 is 5.73 Å². The molecule has 0 saturated carbocycles. The van der Waals surface area contributed by atoms with Crippen molar-refractivity contribution in [3.05, 3.63) is 46.5 Å². The minimum absolute atomic E-state index is 0.0169. The SMILES string of the molecule is CC(C)(C)c1csc(NC(=O)c2ccccc2CCN)n1. The van der Waals surface area contributed by atoms with Crippen LogP contribution < -0.4 is 11.1 Å². The van der Waals surface area contributed by atoms with Gasteiger partial charge in [0.2, 0.25) is 0 Å². The number of benzene rings is 1. The quantitative estimate of drug-likeness (QED) is 0.911. The van der Waals surface area contributed by atoms with Gasteiger partial charge in [-0.1, -0.05) is 39.0 Å². The topological polar surface area (TPSA) is 68.0 Å². The molecule has 2 aromatic rings. The van der Waals surface area contributed by atoms with Crippen molar-refractivity contribution in [1.29, 1.82) is 0 Å². The van der Waals surface area contributed by atoms with E-state index in [1.807, 2.05) is 29.6 Å². The van der Waals surface area contributed by atoms with E-state index in [4.69, 9.17) is 5.73 Å². The molecule has 5 heteroatoms. The third kappa shape index (κ3) is 3.89. The van der Waals surface area contributed by atoms with E-state index < -0.39 is 0 Å². The fraction of sp³-hybridized carbons (Fsp3) is 0.375. The number of nitrogens with zero attached hydrogens (tertiary/aromatic N) is 1. The van der Waals surface area contributed by atoms with Gasteiger partial charge in [-0.2, -0.15) is 0 Å². The van der Waals surface area contributed by atoms with Crippen LogP contribution in [0.25, 0.3) is 0 Å². The zero-order chi connectivity index (χ0) is 15.5. The molecule has 1 aromatic heterocycles. The molecule has 1 aromatic carbocycles. The first-order chi connectivity index (χ1) is 9.91. The normalized spacial score (nSPS) is 11.4. The lowest BCUT2D eigenvalue weighted by atomic mass is 9.93. The average Bonchev–Trinajstić information content (AvgIpc) is 2.88. The molecule has 0 bridgehead atoms. The van der Waals surface area contributed by atoms with Crippen molar-refractivity contribution in [2.45, 2.75) is 32.6 Å². The second-order valence-electron chi connectivity index (χ2n) is 5.94. The molecule has 0 spiro atoms. The Labute approximate surface area is 129 Å². The van der Waals surface area contributed by atoms with E-state index in [0.29, 0.717) is 23.7 Å². The number of aromatic nitrogens is 1. The van der Waals surface area contributed by atoms with Crippen molar-refractivity contribution in [2.24, 2.45) is 5.73 Å². The molecule has 0 fully saturated rings. The van der Waals surface area contributed by atoms with Crippen molar-refractivity contribution < 1.29 is 4.79 Å². The highest BCUT2D eigenvalue weighted by Crippen LogP contribution is 2.26. The third-order valence-corrected chi connectivity index (χ3v) is 3.93. The number of nitrogens with two attached hydrogens (primary N) is 1. The van der Waals surface area contributed by atoms with Crippen LogP contribution in [0.3, 0.4) is 0 Å². The van der Waals surface area contributed by atoms with Crippen LogP contribution in [0.4, 0.5) is 5.13 Å². The van der Waals surface area contributed by atoms with Crippen LogP contribution in [-0.2, 0) is 11.8 Å². The molecule has 1 amide bonds. The molecular weight excluding hydrogens is 282 g/mol. The van der Waals surface area contributed by atoms with Crippen molar-refractivity contribution >= 4 is 22.4 Å². The van der Waals surface area contributed by atoms with Gasteiger partial charge in [0.05, 0.1) is 5.69 Å². The summed E-state index contributed by atoms with van der Waals surface area (Å²) in [5.41, 5.74) is 8.18. The maximum atomic E-state index is 12.4. The number of anilines is 1. The van der Waals surface area contributed by atoms with Gasteiger partial charge in [0.25, 0.3) is 5.91 Å². The molecule has 0 aliphatic heterocycles. The van der Waals surface area contributed by atoms with E-state index in [2.05, 4.69) is 31.1 Å². The number of carbonyl (C=O) groups is 1. The summed E-state index contributed by atoms with van der Waals surface area (Å²) in [4.78, 5) is 16.9. The second-order valence-corrected chi connectivity index (χ2v) is 6.80. The predicted molar refractivity (Wildman–Crippen MR) is 88.0 cm³/mol. The first-order valence-electron chi connectivity index (χ1n) is 6.97. The number of carbonyl (C=O) groups excluding carboxylic acids is 1. The molecule has 1 heterocycles. The first-order valence-corrected chi connectivity index (χ1v) is 7.85.